The van der Waals surface area contributed by atoms with Crippen molar-refractivity contribution in [3.05, 3.63) is 29.6 Å². The smallest absolute Gasteiger partial charge is 0.205 e. The van der Waals surface area contributed by atoms with Crippen LogP contribution in [0, 0.1) is 0 Å². The van der Waals surface area contributed by atoms with E-state index in [1.165, 1.54) is 11.5 Å². The molecule has 8 nitrogen and oxygen atoms in total. The van der Waals surface area contributed by atoms with Crippen molar-refractivity contribution in [1.29, 1.82) is 0 Å². The van der Waals surface area contributed by atoms with Gasteiger partial charge in [0, 0.05) is 50.7 Å². The molecule has 172 valence electrons. The van der Waals surface area contributed by atoms with Gasteiger partial charge in [0.25, 0.3) is 0 Å². The third-order valence-corrected chi connectivity index (χ3v) is 5.71. The number of halogens is 1. The number of aromatic nitrogens is 2. The monoisotopic (exact) mass is 560 g/mol. The number of piperazine rings is 1. The van der Waals surface area contributed by atoms with Gasteiger partial charge >= 0.3 is 0 Å². The Bertz CT molecular complexity index is 839. The summed E-state index contributed by atoms with van der Waals surface area (Å²) in [7, 11) is 1.66. The second-order valence-electron chi connectivity index (χ2n) is 6.91. The summed E-state index contributed by atoms with van der Waals surface area (Å²) in [6.07, 6.45) is 0.879. The first-order valence-electron chi connectivity index (χ1n) is 10.6. The SMILES string of the molecule is CCNC(=NCc1ccc(OCC)c(OC)c1)N1CCN(c2nc(CC)ns2)CC1.I. The van der Waals surface area contributed by atoms with Crippen LogP contribution in [0.3, 0.4) is 0 Å². The first-order valence-corrected chi connectivity index (χ1v) is 11.4. The lowest BCUT2D eigenvalue weighted by atomic mass is 10.2. The number of rotatable bonds is 8. The van der Waals surface area contributed by atoms with Crippen molar-refractivity contribution in [3.8, 4) is 11.5 Å². The molecule has 1 aromatic heterocycles. The van der Waals surface area contributed by atoms with Crippen LogP contribution in [0.5, 0.6) is 11.5 Å². The molecule has 0 radical (unpaired) electrons. The standard InChI is InChI=1S/C21H32N6O2S.HI/c1-5-19-24-21(30-25-19)27-12-10-26(11-13-27)20(22-6-2)23-15-16-8-9-17(29-7-3)18(14-16)28-4;/h8-9,14H,5-7,10-13,15H2,1-4H3,(H,22,23);1H. The third-order valence-electron chi connectivity index (χ3n) is 4.90. The Kier molecular flexibility index (Phi) is 10.6. The summed E-state index contributed by atoms with van der Waals surface area (Å²) in [4.78, 5) is 14.1. The summed E-state index contributed by atoms with van der Waals surface area (Å²) in [5.74, 6) is 3.37. The van der Waals surface area contributed by atoms with E-state index in [0.717, 1.165) is 73.1 Å². The summed E-state index contributed by atoms with van der Waals surface area (Å²) in [6, 6.07) is 5.99. The van der Waals surface area contributed by atoms with Gasteiger partial charge in [-0.1, -0.05) is 13.0 Å². The Labute approximate surface area is 206 Å². The molecule has 1 aliphatic heterocycles. The number of aryl methyl sites for hydroxylation is 1. The molecule has 1 saturated heterocycles. The minimum absolute atomic E-state index is 0. The average molecular weight is 561 g/mol. The summed E-state index contributed by atoms with van der Waals surface area (Å²) >= 11 is 1.49. The molecule has 1 aromatic carbocycles. The maximum atomic E-state index is 5.60. The lowest BCUT2D eigenvalue weighted by molar-refractivity contribution is 0.310. The van der Waals surface area contributed by atoms with Crippen LogP contribution in [0.15, 0.2) is 23.2 Å². The molecule has 10 heteroatoms. The number of methoxy groups -OCH3 is 1. The average Bonchev–Trinajstić information content (AvgIpc) is 3.27. The zero-order chi connectivity index (χ0) is 21.3. The number of anilines is 1. The lowest BCUT2D eigenvalue weighted by Gasteiger charge is -2.36. The Balaban J connectivity index is 0.00000341. The lowest BCUT2D eigenvalue weighted by Crippen LogP contribution is -2.52. The van der Waals surface area contributed by atoms with E-state index in [1.54, 1.807) is 7.11 Å². The fraction of sp³-hybridized carbons (Fsp3) is 0.571. The van der Waals surface area contributed by atoms with E-state index >= 15 is 0 Å². The van der Waals surface area contributed by atoms with Crippen LogP contribution in [-0.4, -0.2) is 66.7 Å². The molecule has 0 aliphatic carbocycles. The molecule has 0 unspecified atom stereocenters. The Morgan fingerprint density at radius 1 is 1.16 bits per heavy atom. The number of hydrogen-bond acceptors (Lipinski definition) is 7. The molecule has 0 amide bonds. The molecular weight excluding hydrogens is 527 g/mol. The minimum atomic E-state index is 0. The van der Waals surface area contributed by atoms with Gasteiger partial charge in [-0.2, -0.15) is 4.37 Å². The summed E-state index contributed by atoms with van der Waals surface area (Å²) in [5, 5.41) is 4.45. The maximum absolute atomic E-state index is 5.60. The molecule has 1 N–H and O–H groups in total. The quantitative estimate of drug-likeness (QED) is 0.302. The number of nitrogens with zero attached hydrogens (tertiary/aromatic N) is 5. The molecule has 0 spiro atoms. The largest absolute Gasteiger partial charge is 0.493 e. The Morgan fingerprint density at radius 3 is 2.55 bits per heavy atom. The van der Waals surface area contributed by atoms with E-state index < -0.39 is 0 Å². The fourth-order valence-corrected chi connectivity index (χ4v) is 4.10. The molecule has 2 heterocycles. The summed E-state index contributed by atoms with van der Waals surface area (Å²) < 4.78 is 15.5. The van der Waals surface area contributed by atoms with Crippen molar-refractivity contribution in [2.75, 3.05) is 51.3 Å². The van der Waals surface area contributed by atoms with Gasteiger partial charge in [-0.25, -0.2) is 9.98 Å². The second-order valence-corrected chi connectivity index (χ2v) is 7.64. The van der Waals surface area contributed by atoms with Crippen LogP contribution in [0.2, 0.25) is 0 Å². The molecule has 1 fully saturated rings. The number of ether oxygens (including phenoxy) is 2. The van der Waals surface area contributed by atoms with Crippen molar-refractivity contribution in [2.45, 2.75) is 33.7 Å². The van der Waals surface area contributed by atoms with E-state index in [2.05, 4.69) is 38.3 Å². The van der Waals surface area contributed by atoms with Crippen molar-refractivity contribution >= 4 is 46.6 Å². The zero-order valence-corrected chi connectivity index (χ0v) is 21.9. The van der Waals surface area contributed by atoms with Gasteiger partial charge in [0.05, 0.1) is 20.3 Å². The highest BCUT2D eigenvalue weighted by atomic mass is 127. The van der Waals surface area contributed by atoms with Crippen LogP contribution in [0.4, 0.5) is 5.13 Å². The van der Waals surface area contributed by atoms with Gasteiger partial charge in [-0.3, -0.25) is 0 Å². The highest BCUT2D eigenvalue weighted by Gasteiger charge is 2.22. The van der Waals surface area contributed by atoms with E-state index in [0.29, 0.717) is 13.2 Å². The minimum Gasteiger partial charge on any atom is -0.493 e. The molecule has 1 aliphatic rings. The van der Waals surface area contributed by atoms with Crippen molar-refractivity contribution in [3.63, 3.8) is 0 Å². The number of nitrogens with one attached hydrogen (secondary N) is 1. The molecule has 2 aromatic rings. The zero-order valence-electron chi connectivity index (χ0n) is 18.8. The second kappa shape index (κ2) is 12.9. The van der Waals surface area contributed by atoms with Crippen LogP contribution >= 0.6 is 35.5 Å². The van der Waals surface area contributed by atoms with Crippen LogP contribution in [0.25, 0.3) is 0 Å². The topological polar surface area (TPSA) is 75.1 Å². The molecule has 31 heavy (non-hydrogen) atoms. The van der Waals surface area contributed by atoms with Crippen LogP contribution in [0.1, 0.15) is 32.2 Å². The highest BCUT2D eigenvalue weighted by Crippen LogP contribution is 2.28. The Hall–Kier alpha value is -1.82. The van der Waals surface area contributed by atoms with Gasteiger partial charge < -0.3 is 24.6 Å². The molecule has 0 atom stereocenters. The molecule has 0 bridgehead atoms. The predicted octanol–water partition coefficient (Wildman–Crippen LogP) is 3.41. The summed E-state index contributed by atoms with van der Waals surface area (Å²) in [5.41, 5.74) is 1.09. The first-order chi connectivity index (χ1) is 14.7. The van der Waals surface area contributed by atoms with Crippen LogP contribution in [-0.2, 0) is 13.0 Å². The molecule has 0 saturated carbocycles. The number of guanidine groups is 1. The van der Waals surface area contributed by atoms with Gasteiger partial charge in [0.15, 0.2) is 17.5 Å². The van der Waals surface area contributed by atoms with Gasteiger partial charge in [0.1, 0.15) is 5.82 Å². The first kappa shape index (κ1) is 25.4. The van der Waals surface area contributed by atoms with Crippen molar-refractivity contribution in [1.82, 2.24) is 19.6 Å². The van der Waals surface area contributed by atoms with E-state index in [1.807, 2.05) is 25.1 Å². The van der Waals surface area contributed by atoms with Gasteiger partial charge in [-0.05, 0) is 31.5 Å². The summed E-state index contributed by atoms with van der Waals surface area (Å²) in [6.45, 7) is 11.8. The van der Waals surface area contributed by atoms with Gasteiger partial charge in [0.2, 0.25) is 5.13 Å². The molecule has 3 rings (SSSR count). The van der Waals surface area contributed by atoms with Crippen molar-refractivity contribution in [2.24, 2.45) is 4.99 Å². The Morgan fingerprint density at radius 2 is 1.94 bits per heavy atom. The fourth-order valence-electron chi connectivity index (χ4n) is 3.30. The number of aliphatic imine (C=N–C) groups is 1. The van der Waals surface area contributed by atoms with E-state index in [-0.39, 0.29) is 24.0 Å². The number of hydrogen-bond donors (Lipinski definition) is 1. The predicted molar refractivity (Wildman–Crippen MR) is 137 cm³/mol. The molecular formula is C21H33IN6O2S. The van der Waals surface area contributed by atoms with Crippen molar-refractivity contribution < 1.29 is 9.47 Å². The van der Waals surface area contributed by atoms with Crippen LogP contribution < -0.4 is 19.7 Å². The van der Waals surface area contributed by atoms with Gasteiger partial charge in [-0.15, -0.1) is 24.0 Å². The number of benzene rings is 1. The highest BCUT2D eigenvalue weighted by molar-refractivity contribution is 14.0. The maximum Gasteiger partial charge on any atom is 0.205 e. The normalized spacial score (nSPS) is 14.3. The van der Waals surface area contributed by atoms with E-state index in [4.69, 9.17) is 14.5 Å². The van der Waals surface area contributed by atoms with E-state index in [9.17, 15) is 0 Å². The third kappa shape index (κ3) is 6.83.